The highest BCUT2D eigenvalue weighted by molar-refractivity contribution is 6.74. The molecule has 0 amide bonds. The average molecular weight is 334 g/mol. The van der Waals surface area contributed by atoms with Gasteiger partial charge in [-0.25, -0.2) is 9.78 Å². The standard InChI is InChI=1S/C17H26N2O3Si/c1-17(2,3)23(5,6)22-10-9-15-18-13-8-7-12(16(20)21-4)11-14(13)19-15/h7-8,11H,9-10H2,1-6H3,(H,18,19). The summed E-state index contributed by atoms with van der Waals surface area (Å²) in [6, 6.07) is 5.33. The molecule has 0 bridgehead atoms. The highest BCUT2D eigenvalue weighted by atomic mass is 28.4. The fourth-order valence-electron chi connectivity index (χ4n) is 2.05. The van der Waals surface area contributed by atoms with Crippen LogP contribution in [0.15, 0.2) is 18.2 Å². The number of carbonyl (C=O) groups is 1. The lowest BCUT2D eigenvalue weighted by atomic mass is 10.2. The second-order valence-electron chi connectivity index (χ2n) is 7.27. The fraction of sp³-hybridized carbons (Fsp3) is 0.529. The van der Waals surface area contributed by atoms with Crippen molar-refractivity contribution in [1.82, 2.24) is 9.97 Å². The molecule has 0 aliphatic heterocycles. The molecule has 0 unspecified atom stereocenters. The van der Waals surface area contributed by atoms with Gasteiger partial charge in [-0.15, -0.1) is 0 Å². The van der Waals surface area contributed by atoms with E-state index in [-0.39, 0.29) is 11.0 Å². The molecule has 1 aromatic carbocycles. The van der Waals surface area contributed by atoms with Crippen molar-refractivity contribution < 1.29 is 14.0 Å². The number of aromatic amines is 1. The molecule has 0 saturated carbocycles. The smallest absolute Gasteiger partial charge is 0.337 e. The number of carbonyl (C=O) groups excluding carboxylic acids is 1. The van der Waals surface area contributed by atoms with Crippen molar-refractivity contribution in [1.29, 1.82) is 0 Å². The molecule has 5 nitrogen and oxygen atoms in total. The van der Waals surface area contributed by atoms with Gasteiger partial charge in [0, 0.05) is 13.0 Å². The summed E-state index contributed by atoms with van der Waals surface area (Å²) in [5.41, 5.74) is 2.21. The number of hydrogen-bond donors (Lipinski definition) is 1. The number of hydrogen-bond acceptors (Lipinski definition) is 4. The second-order valence-corrected chi connectivity index (χ2v) is 12.1. The van der Waals surface area contributed by atoms with E-state index in [0.29, 0.717) is 12.2 Å². The molecule has 0 radical (unpaired) electrons. The molecule has 0 saturated heterocycles. The zero-order valence-electron chi connectivity index (χ0n) is 14.8. The number of imidazole rings is 1. The van der Waals surface area contributed by atoms with E-state index in [0.717, 1.165) is 23.3 Å². The third kappa shape index (κ3) is 4.00. The summed E-state index contributed by atoms with van der Waals surface area (Å²) in [6.45, 7) is 11.8. The fourth-order valence-corrected chi connectivity index (χ4v) is 3.09. The Morgan fingerprint density at radius 3 is 2.61 bits per heavy atom. The van der Waals surface area contributed by atoms with E-state index in [2.05, 4.69) is 43.8 Å². The Morgan fingerprint density at radius 1 is 1.30 bits per heavy atom. The van der Waals surface area contributed by atoms with Gasteiger partial charge in [0.15, 0.2) is 8.32 Å². The highest BCUT2D eigenvalue weighted by Gasteiger charge is 2.36. The molecule has 23 heavy (non-hydrogen) atoms. The van der Waals surface area contributed by atoms with E-state index < -0.39 is 8.32 Å². The molecule has 0 aliphatic carbocycles. The molecule has 1 heterocycles. The molecule has 6 heteroatoms. The number of esters is 1. The molecule has 0 fully saturated rings. The normalized spacial score (nSPS) is 12.6. The van der Waals surface area contributed by atoms with Gasteiger partial charge in [-0.05, 0) is 36.3 Å². The zero-order valence-corrected chi connectivity index (χ0v) is 15.8. The number of rotatable bonds is 5. The van der Waals surface area contributed by atoms with E-state index in [4.69, 9.17) is 9.16 Å². The minimum Gasteiger partial charge on any atom is -0.465 e. The quantitative estimate of drug-likeness (QED) is 0.665. The van der Waals surface area contributed by atoms with Crippen molar-refractivity contribution in [3.8, 4) is 0 Å². The van der Waals surface area contributed by atoms with Crippen LogP contribution in [0.4, 0.5) is 0 Å². The number of benzene rings is 1. The lowest BCUT2D eigenvalue weighted by Gasteiger charge is -2.36. The maximum atomic E-state index is 11.6. The maximum Gasteiger partial charge on any atom is 0.337 e. The van der Waals surface area contributed by atoms with Crippen molar-refractivity contribution in [2.24, 2.45) is 0 Å². The third-order valence-corrected chi connectivity index (χ3v) is 9.10. The van der Waals surface area contributed by atoms with Gasteiger partial charge in [-0.1, -0.05) is 20.8 Å². The van der Waals surface area contributed by atoms with Crippen molar-refractivity contribution in [2.45, 2.75) is 45.3 Å². The van der Waals surface area contributed by atoms with Crippen LogP contribution in [0.25, 0.3) is 11.0 Å². The number of aromatic nitrogens is 2. The topological polar surface area (TPSA) is 64.2 Å². The Morgan fingerprint density at radius 2 is 2.00 bits per heavy atom. The maximum absolute atomic E-state index is 11.6. The minimum absolute atomic E-state index is 0.205. The van der Waals surface area contributed by atoms with Gasteiger partial charge in [0.05, 0.1) is 23.7 Å². The van der Waals surface area contributed by atoms with Crippen molar-refractivity contribution in [3.05, 3.63) is 29.6 Å². The number of nitrogens with zero attached hydrogens (tertiary/aromatic N) is 1. The van der Waals surface area contributed by atoms with Gasteiger partial charge < -0.3 is 14.1 Å². The van der Waals surface area contributed by atoms with E-state index in [1.165, 1.54) is 7.11 Å². The van der Waals surface area contributed by atoms with Gasteiger partial charge in [-0.2, -0.15) is 0 Å². The van der Waals surface area contributed by atoms with Crippen LogP contribution in [0.1, 0.15) is 37.0 Å². The van der Waals surface area contributed by atoms with E-state index >= 15 is 0 Å². The van der Waals surface area contributed by atoms with Crippen LogP contribution in [0.3, 0.4) is 0 Å². The van der Waals surface area contributed by atoms with Gasteiger partial charge in [-0.3, -0.25) is 0 Å². The molecule has 0 spiro atoms. The summed E-state index contributed by atoms with van der Waals surface area (Å²) in [6.07, 6.45) is 0.731. The Bertz CT molecular complexity index is 701. The zero-order chi connectivity index (χ0) is 17.3. The predicted octanol–water partition coefficient (Wildman–Crippen LogP) is 3.91. The van der Waals surface area contributed by atoms with E-state index in [1.54, 1.807) is 12.1 Å². The first-order valence-corrected chi connectivity index (χ1v) is 10.8. The van der Waals surface area contributed by atoms with Crippen LogP contribution in [0.5, 0.6) is 0 Å². The van der Waals surface area contributed by atoms with Gasteiger partial charge in [0.2, 0.25) is 0 Å². The van der Waals surface area contributed by atoms with E-state index in [1.807, 2.05) is 6.07 Å². The first-order chi connectivity index (χ1) is 10.6. The van der Waals surface area contributed by atoms with E-state index in [9.17, 15) is 4.79 Å². The Kier molecular flexibility index (Phi) is 4.96. The minimum atomic E-state index is -1.73. The third-order valence-electron chi connectivity index (χ3n) is 4.56. The van der Waals surface area contributed by atoms with Crippen LogP contribution >= 0.6 is 0 Å². The highest BCUT2D eigenvalue weighted by Crippen LogP contribution is 2.36. The molecule has 0 aliphatic rings. The lowest BCUT2D eigenvalue weighted by molar-refractivity contribution is 0.0601. The number of methoxy groups -OCH3 is 1. The van der Waals surface area contributed by atoms with Crippen molar-refractivity contribution >= 4 is 25.3 Å². The molecule has 1 N–H and O–H groups in total. The Balaban J connectivity index is 2.06. The van der Waals surface area contributed by atoms with Crippen molar-refractivity contribution in [3.63, 3.8) is 0 Å². The summed E-state index contributed by atoms with van der Waals surface area (Å²) in [5, 5.41) is 0.205. The molecule has 126 valence electrons. The molecule has 2 rings (SSSR count). The summed E-state index contributed by atoms with van der Waals surface area (Å²) >= 11 is 0. The number of nitrogens with one attached hydrogen (secondary N) is 1. The molecule has 0 atom stereocenters. The molecule has 2 aromatic rings. The predicted molar refractivity (Wildman–Crippen MR) is 94.3 cm³/mol. The molecular formula is C17H26N2O3Si. The second kappa shape index (κ2) is 6.45. The lowest BCUT2D eigenvalue weighted by Crippen LogP contribution is -2.41. The van der Waals surface area contributed by atoms with Crippen molar-refractivity contribution in [2.75, 3.05) is 13.7 Å². The van der Waals surface area contributed by atoms with Gasteiger partial charge in [0.1, 0.15) is 5.82 Å². The SMILES string of the molecule is COC(=O)c1ccc2nc(CCO[Si](C)(C)C(C)(C)C)[nH]c2c1. The number of ether oxygens (including phenoxy) is 1. The summed E-state index contributed by atoms with van der Waals surface area (Å²) in [7, 11) is -0.351. The largest absolute Gasteiger partial charge is 0.465 e. The number of H-pyrrole nitrogens is 1. The van der Waals surface area contributed by atoms with Gasteiger partial charge in [0.25, 0.3) is 0 Å². The molecule has 1 aromatic heterocycles. The van der Waals surface area contributed by atoms with Crippen LogP contribution in [0.2, 0.25) is 18.1 Å². The first kappa shape index (κ1) is 17.7. The monoisotopic (exact) mass is 334 g/mol. The summed E-state index contributed by atoms with van der Waals surface area (Å²) in [5.74, 6) is 0.532. The average Bonchev–Trinajstić information content (AvgIpc) is 2.86. The Hall–Kier alpha value is -1.66. The van der Waals surface area contributed by atoms with Gasteiger partial charge >= 0.3 is 5.97 Å². The summed E-state index contributed by atoms with van der Waals surface area (Å²) < 4.78 is 10.9. The van der Waals surface area contributed by atoms with Crippen LogP contribution in [-0.4, -0.2) is 38.0 Å². The Labute approximate surface area is 138 Å². The first-order valence-electron chi connectivity index (χ1n) is 7.85. The van der Waals surface area contributed by atoms with Crippen LogP contribution in [-0.2, 0) is 15.6 Å². The number of fused-ring (bicyclic) bond motifs is 1. The van der Waals surface area contributed by atoms with Crippen LogP contribution in [0, 0.1) is 0 Å². The van der Waals surface area contributed by atoms with Crippen LogP contribution < -0.4 is 0 Å². The summed E-state index contributed by atoms with van der Waals surface area (Å²) in [4.78, 5) is 19.4. The molecular weight excluding hydrogens is 308 g/mol.